The highest BCUT2D eigenvalue weighted by Gasteiger charge is 2.42. The van der Waals surface area contributed by atoms with E-state index >= 15 is 0 Å². The zero-order valence-corrected chi connectivity index (χ0v) is 18.8. The number of carbonyl (C=O) groups is 4. The Morgan fingerprint density at radius 2 is 1.85 bits per heavy atom. The number of hydrogen-bond acceptors (Lipinski definition) is 6. The average molecular weight is 458 g/mol. The van der Waals surface area contributed by atoms with Crippen molar-refractivity contribution in [3.63, 3.8) is 0 Å². The Labute approximate surface area is 195 Å². The van der Waals surface area contributed by atoms with Crippen molar-refractivity contribution in [3.05, 3.63) is 70.4 Å². The molecule has 4 amide bonds. The van der Waals surface area contributed by atoms with Crippen LogP contribution in [0.25, 0.3) is 10.9 Å². The number of pyridine rings is 1. The van der Waals surface area contributed by atoms with Crippen LogP contribution in [0.15, 0.2) is 42.5 Å². The smallest absolute Gasteiger partial charge is 0.328 e. The van der Waals surface area contributed by atoms with Gasteiger partial charge >= 0.3 is 11.8 Å². The molecule has 0 unspecified atom stereocenters. The lowest BCUT2D eigenvalue weighted by Crippen LogP contribution is -2.53. The summed E-state index contributed by atoms with van der Waals surface area (Å²) >= 11 is 0. The third-order valence-electron chi connectivity index (χ3n) is 6.09. The summed E-state index contributed by atoms with van der Waals surface area (Å²) in [5, 5.41) is 1.10. The molecule has 2 aromatic carbocycles. The maximum absolute atomic E-state index is 13.3. The number of hydrogen-bond donors (Lipinski definition) is 1. The fourth-order valence-electron chi connectivity index (χ4n) is 4.56. The van der Waals surface area contributed by atoms with E-state index < -0.39 is 23.6 Å². The van der Waals surface area contributed by atoms with Gasteiger partial charge < -0.3 is 9.64 Å². The minimum absolute atomic E-state index is 0.0104. The number of benzene rings is 2. The van der Waals surface area contributed by atoms with Gasteiger partial charge in [0.1, 0.15) is 0 Å². The summed E-state index contributed by atoms with van der Waals surface area (Å²) in [6.45, 7) is 2.25. The van der Waals surface area contributed by atoms with Crippen molar-refractivity contribution >= 4 is 40.2 Å². The van der Waals surface area contributed by atoms with Gasteiger partial charge in [-0.05, 0) is 43.5 Å². The van der Waals surface area contributed by atoms with Crippen LogP contribution in [0.3, 0.4) is 0 Å². The molecule has 0 atom stereocenters. The fraction of sp³-hybridized carbons (Fsp3) is 0.240. The van der Waals surface area contributed by atoms with E-state index in [2.05, 4.69) is 10.4 Å². The number of amides is 4. The van der Waals surface area contributed by atoms with Crippen LogP contribution in [-0.2, 0) is 27.4 Å². The summed E-state index contributed by atoms with van der Waals surface area (Å²) < 4.78 is 5.18. The molecule has 3 aromatic rings. The first-order chi connectivity index (χ1) is 16.4. The standard InChI is InChI=1S/C25H22N4O5/c1-14-9-10-17-16(12-14)20-21(18(26-17)13-34-2)24(32)29(23(20)31)27-22(30)25(33)28-11-5-7-15-6-3-4-8-19(15)28/h3-4,6,8-10,12H,5,7,11,13H2,1-2H3,(H,27,30). The number of imide groups is 1. The molecule has 1 aromatic heterocycles. The molecule has 0 saturated heterocycles. The van der Waals surface area contributed by atoms with E-state index in [-0.39, 0.29) is 17.7 Å². The Bertz CT molecular complexity index is 1380. The molecule has 9 heteroatoms. The lowest BCUT2D eigenvalue weighted by Gasteiger charge is -2.29. The molecule has 2 aliphatic rings. The largest absolute Gasteiger partial charge is 0.378 e. The predicted octanol–water partition coefficient (Wildman–Crippen LogP) is 2.30. The maximum Gasteiger partial charge on any atom is 0.328 e. The lowest BCUT2D eigenvalue weighted by atomic mass is 10.0. The summed E-state index contributed by atoms with van der Waals surface area (Å²) in [5.41, 5.74) is 5.78. The van der Waals surface area contributed by atoms with E-state index in [9.17, 15) is 19.2 Å². The Morgan fingerprint density at radius 3 is 2.65 bits per heavy atom. The number of nitrogens with one attached hydrogen (secondary N) is 1. The Balaban J connectivity index is 1.48. The lowest BCUT2D eigenvalue weighted by molar-refractivity contribution is -0.139. The number of hydrazine groups is 1. The summed E-state index contributed by atoms with van der Waals surface area (Å²) in [5.74, 6) is -3.36. The number of nitrogens with zero attached hydrogens (tertiary/aromatic N) is 3. The van der Waals surface area contributed by atoms with Crippen LogP contribution in [0.4, 0.5) is 5.69 Å². The van der Waals surface area contributed by atoms with Gasteiger partial charge in [-0.15, -0.1) is 0 Å². The highest BCUT2D eigenvalue weighted by Crippen LogP contribution is 2.32. The highest BCUT2D eigenvalue weighted by atomic mass is 16.5. The van der Waals surface area contributed by atoms with Crippen LogP contribution < -0.4 is 10.3 Å². The molecule has 5 rings (SSSR count). The molecule has 0 bridgehead atoms. The monoisotopic (exact) mass is 458 g/mol. The summed E-state index contributed by atoms with van der Waals surface area (Å²) in [6.07, 6.45) is 1.52. The second kappa shape index (κ2) is 8.35. The topological polar surface area (TPSA) is 109 Å². The third-order valence-corrected chi connectivity index (χ3v) is 6.09. The average Bonchev–Trinajstić information content (AvgIpc) is 3.09. The third kappa shape index (κ3) is 3.41. The number of methoxy groups -OCH3 is 1. The van der Waals surface area contributed by atoms with E-state index in [0.717, 1.165) is 17.5 Å². The zero-order valence-electron chi connectivity index (χ0n) is 18.8. The summed E-state index contributed by atoms with van der Waals surface area (Å²) in [6, 6.07) is 12.7. The molecular formula is C25H22N4O5. The van der Waals surface area contributed by atoms with Crippen molar-refractivity contribution in [3.8, 4) is 0 Å². The van der Waals surface area contributed by atoms with Crippen LogP contribution in [0.1, 0.15) is 44.0 Å². The Kier molecular flexibility index (Phi) is 5.33. The molecule has 2 aliphatic heterocycles. The van der Waals surface area contributed by atoms with Gasteiger partial charge in [0.2, 0.25) is 0 Å². The van der Waals surface area contributed by atoms with E-state index in [0.29, 0.717) is 40.3 Å². The SMILES string of the molecule is COCc1nc2ccc(C)cc2c2c1C(=O)N(NC(=O)C(=O)N1CCCc3ccccc31)C2=O. The Morgan fingerprint density at radius 1 is 1.09 bits per heavy atom. The zero-order chi connectivity index (χ0) is 24.0. The number of ether oxygens (including phenoxy) is 1. The van der Waals surface area contributed by atoms with Gasteiger partial charge in [-0.25, -0.2) is 10.4 Å². The summed E-state index contributed by atoms with van der Waals surface area (Å²) in [7, 11) is 1.46. The quantitative estimate of drug-likeness (QED) is 0.477. The van der Waals surface area contributed by atoms with Crippen molar-refractivity contribution in [2.75, 3.05) is 18.6 Å². The maximum atomic E-state index is 13.3. The van der Waals surface area contributed by atoms with Crippen LogP contribution in [0, 0.1) is 6.92 Å². The van der Waals surface area contributed by atoms with Gasteiger partial charge in [0, 0.05) is 24.7 Å². The van der Waals surface area contributed by atoms with Crippen molar-refractivity contribution in [2.24, 2.45) is 0 Å². The van der Waals surface area contributed by atoms with Crippen molar-refractivity contribution in [2.45, 2.75) is 26.4 Å². The van der Waals surface area contributed by atoms with E-state index in [1.165, 1.54) is 12.0 Å². The van der Waals surface area contributed by atoms with Gasteiger partial charge in [-0.3, -0.25) is 19.2 Å². The van der Waals surface area contributed by atoms with Crippen molar-refractivity contribution in [1.82, 2.24) is 15.4 Å². The molecule has 34 heavy (non-hydrogen) atoms. The number of carbonyl (C=O) groups excluding carboxylic acids is 4. The van der Waals surface area contributed by atoms with E-state index in [1.807, 2.05) is 25.1 Å². The molecule has 0 saturated carbocycles. The van der Waals surface area contributed by atoms with Gasteiger partial charge in [-0.2, -0.15) is 5.01 Å². The Hall–Kier alpha value is -4.11. The molecule has 0 aliphatic carbocycles. The number of anilines is 1. The van der Waals surface area contributed by atoms with Crippen molar-refractivity contribution in [1.29, 1.82) is 0 Å². The van der Waals surface area contributed by atoms with E-state index in [4.69, 9.17) is 4.74 Å². The molecule has 1 N–H and O–H groups in total. The second-order valence-electron chi connectivity index (χ2n) is 8.34. The van der Waals surface area contributed by atoms with Crippen LogP contribution in [0.5, 0.6) is 0 Å². The highest BCUT2D eigenvalue weighted by molar-refractivity contribution is 6.41. The van der Waals surface area contributed by atoms with Crippen molar-refractivity contribution < 1.29 is 23.9 Å². The van der Waals surface area contributed by atoms with Gasteiger partial charge in [0.05, 0.1) is 28.9 Å². The predicted molar refractivity (Wildman–Crippen MR) is 123 cm³/mol. The van der Waals surface area contributed by atoms with Gasteiger partial charge in [0.25, 0.3) is 11.8 Å². The van der Waals surface area contributed by atoms with E-state index in [1.54, 1.807) is 24.3 Å². The minimum atomic E-state index is -1.06. The molecule has 172 valence electrons. The number of aryl methyl sites for hydroxylation is 2. The normalized spacial score (nSPS) is 14.9. The van der Waals surface area contributed by atoms with Crippen LogP contribution in [-0.4, -0.2) is 47.3 Å². The first kappa shape index (κ1) is 21.7. The van der Waals surface area contributed by atoms with Crippen LogP contribution in [0.2, 0.25) is 0 Å². The first-order valence-corrected chi connectivity index (χ1v) is 10.9. The molecule has 9 nitrogen and oxygen atoms in total. The molecular weight excluding hydrogens is 436 g/mol. The second-order valence-corrected chi connectivity index (χ2v) is 8.34. The fourth-order valence-corrected chi connectivity index (χ4v) is 4.56. The molecule has 3 heterocycles. The number of para-hydroxylation sites is 1. The number of rotatable bonds is 3. The number of aromatic nitrogens is 1. The summed E-state index contributed by atoms with van der Waals surface area (Å²) in [4.78, 5) is 58.3. The molecule has 0 fully saturated rings. The molecule has 0 radical (unpaired) electrons. The van der Waals surface area contributed by atoms with Gasteiger partial charge in [-0.1, -0.05) is 29.8 Å². The van der Waals surface area contributed by atoms with Crippen LogP contribution >= 0.6 is 0 Å². The minimum Gasteiger partial charge on any atom is -0.378 e. The number of fused-ring (bicyclic) bond motifs is 4. The first-order valence-electron chi connectivity index (χ1n) is 10.9. The van der Waals surface area contributed by atoms with Gasteiger partial charge in [0.15, 0.2) is 0 Å². The molecule has 0 spiro atoms.